The molecule has 1 unspecified atom stereocenters. The molecule has 0 bridgehead atoms. The minimum atomic E-state index is -1.67. The second-order valence-electron chi connectivity index (χ2n) is 1.42. The first-order chi connectivity index (χ1) is 4.19. The Morgan fingerprint density at radius 2 is 1.30 bits per heavy atom. The molecule has 0 aromatic heterocycles. The number of hydrogen-bond acceptors (Lipinski definition) is 0. The lowest BCUT2D eigenvalue weighted by Gasteiger charge is -2.28. The predicted molar refractivity (Wildman–Crippen MR) is 63.9 cm³/mol. The summed E-state index contributed by atoms with van der Waals surface area (Å²) in [6, 6.07) is 0. The van der Waals surface area contributed by atoms with Crippen molar-refractivity contribution in [2.45, 2.75) is 10.5 Å². The molecule has 0 aromatic carbocycles. The van der Waals surface area contributed by atoms with E-state index in [1.807, 2.05) is 0 Å². The van der Waals surface area contributed by atoms with Crippen molar-refractivity contribution in [3.63, 3.8) is 0 Å². The van der Waals surface area contributed by atoms with E-state index in [1.165, 1.54) is 0 Å². The van der Waals surface area contributed by atoms with Crippen LogP contribution in [0.25, 0.3) is 0 Å². The van der Waals surface area contributed by atoms with Crippen molar-refractivity contribution in [3.8, 4) is 0 Å². The van der Waals surface area contributed by atoms with Gasteiger partial charge in [0.25, 0.3) is 0 Å². The van der Waals surface area contributed by atoms with Crippen LogP contribution in [0, 0.1) is 0 Å². The van der Waals surface area contributed by atoms with Gasteiger partial charge in [0.1, 0.15) is 3.74 Å². The van der Waals surface area contributed by atoms with Gasteiger partial charge in [0.15, 0.2) is 2.14 Å². The SMILES string of the molecule is FC(Br)(C(Br)Br)C(Br)(Br)Br. The predicted octanol–water partition coefficient (Wildman–Crippen LogP) is 5.00. The number of hydrogen-bond donors (Lipinski definition) is 0. The van der Waals surface area contributed by atoms with Crippen molar-refractivity contribution in [2.24, 2.45) is 0 Å². The van der Waals surface area contributed by atoms with Crippen LogP contribution in [0.5, 0.6) is 0 Å². The van der Waals surface area contributed by atoms with Crippen LogP contribution >= 0.6 is 95.6 Å². The van der Waals surface area contributed by atoms with Gasteiger partial charge in [-0.1, -0.05) is 79.6 Å². The topological polar surface area (TPSA) is 0 Å². The first-order valence-electron chi connectivity index (χ1n) is 1.92. The van der Waals surface area contributed by atoms with Crippen molar-refractivity contribution in [1.29, 1.82) is 0 Å². The molecule has 0 spiro atoms. The summed E-state index contributed by atoms with van der Waals surface area (Å²) in [6.07, 6.45) is 0. The highest BCUT2D eigenvalue weighted by molar-refractivity contribution is 9.40. The van der Waals surface area contributed by atoms with Gasteiger partial charge >= 0.3 is 0 Å². The van der Waals surface area contributed by atoms with E-state index in [4.69, 9.17) is 0 Å². The Balaban J connectivity index is 4.40. The smallest absolute Gasteiger partial charge is 0.221 e. The summed E-state index contributed by atoms with van der Waals surface area (Å²) in [7, 11) is 0. The maximum atomic E-state index is 13.4. The molecule has 0 nitrogen and oxygen atoms in total. The van der Waals surface area contributed by atoms with Crippen LogP contribution in [0.3, 0.4) is 0 Å². The summed E-state index contributed by atoms with van der Waals surface area (Å²) in [6.45, 7) is 0. The summed E-state index contributed by atoms with van der Waals surface area (Å²) in [4.78, 5) is 0. The zero-order chi connectivity index (χ0) is 8.58. The molecule has 1 atom stereocenters. The summed E-state index contributed by atoms with van der Waals surface area (Å²) < 4.78 is 10.2. The molecule has 0 fully saturated rings. The fraction of sp³-hybridized carbons (Fsp3) is 1.00. The molecule has 0 aliphatic carbocycles. The van der Waals surface area contributed by atoms with E-state index in [0.29, 0.717) is 0 Å². The van der Waals surface area contributed by atoms with Gasteiger partial charge in [-0.2, -0.15) is 0 Å². The van der Waals surface area contributed by atoms with Gasteiger partial charge in [0, 0.05) is 0 Å². The molecule has 62 valence electrons. The highest BCUT2D eigenvalue weighted by Gasteiger charge is 2.50. The Morgan fingerprint density at radius 1 is 1.00 bits per heavy atom. The van der Waals surface area contributed by atoms with Crippen LogP contribution < -0.4 is 0 Å². The van der Waals surface area contributed by atoms with Crippen LogP contribution in [-0.4, -0.2) is 10.5 Å². The number of alkyl halides is 7. The van der Waals surface area contributed by atoms with E-state index in [-0.39, 0.29) is 0 Å². The third-order valence-electron chi connectivity index (χ3n) is 0.652. The van der Waals surface area contributed by atoms with E-state index < -0.39 is 10.5 Å². The van der Waals surface area contributed by atoms with Crippen molar-refractivity contribution in [2.75, 3.05) is 0 Å². The molecule has 10 heavy (non-hydrogen) atoms. The molecular formula is C3HBr6F. The molecule has 0 N–H and O–H groups in total. The summed E-state index contributed by atoms with van der Waals surface area (Å²) in [5.74, 6) is 0. The van der Waals surface area contributed by atoms with Gasteiger partial charge in [0.05, 0.1) is 0 Å². The van der Waals surface area contributed by atoms with Gasteiger partial charge in [-0.3, -0.25) is 0 Å². The number of halogens is 7. The zero-order valence-corrected chi connectivity index (χ0v) is 13.7. The average Bonchev–Trinajstić information content (AvgIpc) is 1.62. The van der Waals surface area contributed by atoms with Crippen molar-refractivity contribution in [3.05, 3.63) is 0 Å². The fourth-order valence-corrected chi connectivity index (χ4v) is 3.34. The highest BCUT2D eigenvalue weighted by atomic mass is 80.0. The van der Waals surface area contributed by atoms with Gasteiger partial charge in [-0.25, -0.2) is 4.39 Å². The summed E-state index contributed by atoms with van der Waals surface area (Å²) in [5.41, 5.74) is 0. The molecule has 0 rings (SSSR count). The molecule has 0 aliphatic rings. The Morgan fingerprint density at radius 3 is 1.30 bits per heavy atom. The number of rotatable bonds is 1. The Hall–Kier alpha value is 2.81. The standard InChI is InChI=1S/C3HBr6F/c4-1(5)2(6,10)3(7,8)9/h1H. The van der Waals surface area contributed by atoms with Gasteiger partial charge in [-0.15, -0.1) is 0 Å². The lowest BCUT2D eigenvalue weighted by Crippen LogP contribution is -2.35. The maximum Gasteiger partial charge on any atom is 0.221 e. The fourth-order valence-electron chi connectivity index (χ4n) is 0.124. The molecule has 0 radical (unpaired) electrons. The molecule has 0 heterocycles. The van der Waals surface area contributed by atoms with Crippen molar-refractivity contribution < 1.29 is 4.39 Å². The third kappa shape index (κ3) is 3.28. The van der Waals surface area contributed by atoms with E-state index in [2.05, 4.69) is 95.6 Å². The minimum Gasteiger partial charge on any atom is -0.226 e. The Labute approximate surface area is 109 Å². The molecular weight excluding hydrogens is 534 g/mol. The van der Waals surface area contributed by atoms with E-state index in [9.17, 15) is 4.39 Å². The van der Waals surface area contributed by atoms with E-state index in [0.717, 1.165) is 0 Å². The Kier molecular flexibility index (Phi) is 5.57. The maximum absolute atomic E-state index is 13.4. The largest absolute Gasteiger partial charge is 0.226 e. The van der Waals surface area contributed by atoms with E-state index >= 15 is 0 Å². The molecule has 7 heteroatoms. The monoisotopic (exact) mass is 530 g/mol. The second-order valence-corrected chi connectivity index (χ2v) is 12.4. The van der Waals surface area contributed by atoms with Gasteiger partial charge in [0.2, 0.25) is 4.58 Å². The lowest BCUT2D eigenvalue weighted by molar-refractivity contribution is 0.347. The first kappa shape index (κ1) is 12.8. The Bertz CT molecular complexity index is 115. The van der Waals surface area contributed by atoms with Crippen LogP contribution in [0.1, 0.15) is 0 Å². The van der Waals surface area contributed by atoms with Gasteiger partial charge < -0.3 is 0 Å². The quantitative estimate of drug-likeness (QED) is 0.415. The zero-order valence-electron chi connectivity index (χ0n) is 4.22. The second kappa shape index (κ2) is 4.35. The molecule has 0 aliphatic heterocycles. The molecule has 0 saturated heterocycles. The normalized spacial score (nSPS) is 19.2. The van der Waals surface area contributed by atoms with Crippen LogP contribution in [0.4, 0.5) is 4.39 Å². The van der Waals surface area contributed by atoms with Crippen molar-refractivity contribution >= 4 is 95.6 Å². The summed E-state index contributed by atoms with van der Waals surface area (Å²) >= 11 is 18.1. The average molecular weight is 535 g/mol. The van der Waals surface area contributed by atoms with E-state index in [1.54, 1.807) is 0 Å². The van der Waals surface area contributed by atoms with Crippen molar-refractivity contribution in [1.82, 2.24) is 0 Å². The molecule has 0 amide bonds. The van der Waals surface area contributed by atoms with Crippen LogP contribution in [0.2, 0.25) is 0 Å². The van der Waals surface area contributed by atoms with Crippen LogP contribution in [-0.2, 0) is 0 Å². The molecule has 0 saturated carbocycles. The lowest BCUT2D eigenvalue weighted by atomic mass is 10.5. The third-order valence-corrected chi connectivity index (χ3v) is 7.52. The minimum absolute atomic E-state index is 0.509. The van der Waals surface area contributed by atoms with Crippen LogP contribution in [0.15, 0.2) is 0 Å². The molecule has 0 aromatic rings. The van der Waals surface area contributed by atoms with Gasteiger partial charge in [-0.05, 0) is 15.9 Å². The first-order valence-corrected chi connectivity index (χ1v) is 6.92. The highest BCUT2D eigenvalue weighted by Crippen LogP contribution is 2.54. The summed E-state index contributed by atoms with van der Waals surface area (Å²) in [5, 5.41) is 0.